The third kappa shape index (κ3) is 3.57. The number of rotatable bonds is 3. The van der Waals surface area contributed by atoms with E-state index in [2.05, 4.69) is 0 Å². The molecule has 4 nitrogen and oxygen atoms in total. The number of benzene rings is 2. The number of sulfone groups is 1. The Hall–Kier alpha value is -2.00. The van der Waals surface area contributed by atoms with Crippen LogP contribution in [0.4, 0.5) is 0 Å². The van der Waals surface area contributed by atoms with Gasteiger partial charge in [-0.15, -0.1) is 0 Å². The van der Waals surface area contributed by atoms with Crippen molar-refractivity contribution in [1.82, 2.24) is 0 Å². The lowest BCUT2D eigenvalue weighted by Gasteiger charge is -2.08. The Morgan fingerprint density at radius 3 is 2.29 bits per heavy atom. The van der Waals surface area contributed by atoms with Crippen LogP contribution in [-0.2, 0) is 9.84 Å². The van der Waals surface area contributed by atoms with E-state index in [-0.39, 0.29) is 20.7 Å². The van der Waals surface area contributed by atoms with Crippen LogP contribution in [0.5, 0.6) is 5.75 Å². The quantitative estimate of drug-likeness (QED) is 0.784. The number of hydrogen-bond acceptors (Lipinski definition) is 4. The van der Waals surface area contributed by atoms with Gasteiger partial charge in [-0.1, -0.05) is 23.2 Å². The highest BCUT2D eigenvalue weighted by atomic mass is 35.5. The van der Waals surface area contributed by atoms with Crippen molar-refractivity contribution in [2.45, 2.75) is 18.7 Å². The van der Waals surface area contributed by atoms with E-state index in [1.54, 1.807) is 32.0 Å². The highest BCUT2D eigenvalue weighted by molar-refractivity contribution is 7.95. The Bertz CT molecular complexity index is 966. The van der Waals surface area contributed by atoms with Crippen molar-refractivity contribution >= 4 is 39.1 Å². The zero-order chi connectivity index (χ0) is 18.1. The first-order chi connectivity index (χ1) is 11.2. The van der Waals surface area contributed by atoms with Crippen molar-refractivity contribution in [3.8, 4) is 11.8 Å². The molecule has 0 spiro atoms. The van der Waals surface area contributed by atoms with Crippen LogP contribution in [0.3, 0.4) is 0 Å². The molecule has 124 valence electrons. The van der Waals surface area contributed by atoms with E-state index < -0.39 is 14.7 Å². The van der Waals surface area contributed by atoms with Gasteiger partial charge in [-0.2, -0.15) is 5.26 Å². The van der Waals surface area contributed by atoms with Gasteiger partial charge in [0.1, 0.15) is 16.7 Å². The molecule has 0 aliphatic carbocycles. The van der Waals surface area contributed by atoms with Crippen LogP contribution in [0.2, 0.25) is 10.0 Å². The van der Waals surface area contributed by atoms with Gasteiger partial charge in [0.15, 0.2) is 0 Å². The van der Waals surface area contributed by atoms with Crippen LogP contribution in [0.15, 0.2) is 40.1 Å². The third-order valence-corrected chi connectivity index (χ3v) is 5.78. The van der Waals surface area contributed by atoms with Gasteiger partial charge in [0.05, 0.1) is 9.92 Å². The van der Waals surface area contributed by atoms with Crippen molar-refractivity contribution in [3.63, 3.8) is 0 Å². The highest BCUT2D eigenvalue weighted by Crippen LogP contribution is 2.31. The maximum absolute atomic E-state index is 12.7. The molecule has 7 heteroatoms. The van der Waals surface area contributed by atoms with E-state index >= 15 is 0 Å². The molecule has 0 fully saturated rings. The fourth-order valence-electron chi connectivity index (χ4n) is 2.20. The van der Waals surface area contributed by atoms with E-state index in [1.807, 2.05) is 0 Å². The Morgan fingerprint density at radius 2 is 1.75 bits per heavy atom. The first-order valence-electron chi connectivity index (χ1n) is 6.79. The second-order valence-electron chi connectivity index (χ2n) is 5.20. The average Bonchev–Trinajstić information content (AvgIpc) is 2.52. The monoisotopic (exact) mass is 381 g/mol. The van der Waals surface area contributed by atoms with Crippen molar-refractivity contribution in [2.24, 2.45) is 0 Å². The van der Waals surface area contributed by atoms with Crippen LogP contribution in [-0.4, -0.2) is 13.5 Å². The predicted octanol–water partition coefficient (Wildman–Crippen LogP) is 4.65. The second-order valence-corrected chi connectivity index (χ2v) is 7.93. The maximum Gasteiger partial charge on any atom is 0.218 e. The lowest BCUT2D eigenvalue weighted by Crippen LogP contribution is -2.04. The molecule has 2 rings (SSSR count). The van der Waals surface area contributed by atoms with E-state index in [0.717, 1.165) is 0 Å². The topological polar surface area (TPSA) is 78.2 Å². The minimum absolute atomic E-state index is 0.0152. The van der Waals surface area contributed by atoms with Crippen LogP contribution < -0.4 is 0 Å². The van der Waals surface area contributed by atoms with Gasteiger partial charge >= 0.3 is 0 Å². The summed E-state index contributed by atoms with van der Waals surface area (Å²) < 4.78 is 25.4. The zero-order valence-corrected chi connectivity index (χ0v) is 15.2. The third-order valence-electron chi connectivity index (χ3n) is 3.39. The Kier molecular flexibility index (Phi) is 5.24. The molecule has 0 bridgehead atoms. The molecule has 2 aromatic carbocycles. The number of halogens is 2. The predicted molar refractivity (Wildman–Crippen MR) is 94.8 cm³/mol. The normalized spacial score (nSPS) is 12.0. The van der Waals surface area contributed by atoms with Crippen molar-refractivity contribution < 1.29 is 13.5 Å². The summed E-state index contributed by atoms with van der Waals surface area (Å²) in [5.74, 6) is 0.131. The van der Waals surface area contributed by atoms with Gasteiger partial charge in [-0.25, -0.2) is 8.42 Å². The number of phenolic OH excluding ortho intramolecular Hbond substituents is 1. The number of hydrogen-bond donors (Lipinski definition) is 1. The van der Waals surface area contributed by atoms with Crippen molar-refractivity contribution in [3.05, 3.63) is 62.0 Å². The molecule has 0 aliphatic heterocycles. The van der Waals surface area contributed by atoms with Crippen LogP contribution in [0.25, 0.3) is 6.08 Å². The van der Waals surface area contributed by atoms with Crippen molar-refractivity contribution in [1.29, 1.82) is 5.26 Å². The molecule has 0 aromatic heterocycles. The number of aryl methyl sites for hydroxylation is 2. The maximum atomic E-state index is 12.7. The first kappa shape index (κ1) is 18.3. The molecule has 0 radical (unpaired) electrons. The lowest BCUT2D eigenvalue weighted by molar-refractivity contribution is 0.467. The largest absolute Gasteiger partial charge is 0.507 e. The molecular formula is C17H13Cl2NO3S. The number of nitrogens with zero attached hydrogens (tertiary/aromatic N) is 1. The first-order valence-corrected chi connectivity index (χ1v) is 9.03. The SMILES string of the molecule is Cc1cc(/C=C(/C#N)S(=O)(=O)c2cc(Cl)ccc2Cl)cc(C)c1O. The van der Waals surface area contributed by atoms with Crippen LogP contribution >= 0.6 is 23.2 Å². The van der Waals surface area contributed by atoms with Gasteiger partial charge in [0.25, 0.3) is 0 Å². The lowest BCUT2D eigenvalue weighted by atomic mass is 10.1. The van der Waals surface area contributed by atoms with Crippen molar-refractivity contribution in [2.75, 3.05) is 0 Å². The molecule has 0 amide bonds. The summed E-state index contributed by atoms with van der Waals surface area (Å²) >= 11 is 11.8. The molecule has 0 atom stereocenters. The summed E-state index contributed by atoms with van der Waals surface area (Å²) in [6.07, 6.45) is 1.24. The number of aromatic hydroxyl groups is 1. The number of allylic oxidation sites excluding steroid dienone is 1. The highest BCUT2D eigenvalue weighted by Gasteiger charge is 2.24. The molecule has 0 heterocycles. The summed E-state index contributed by atoms with van der Waals surface area (Å²) in [7, 11) is -4.12. The number of nitriles is 1. The van der Waals surface area contributed by atoms with Gasteiger partial charge in [0.2, 0.25) is 9.84 Å². The zero-order valence-electron chi connectivity index (χ0n) is 12.8. The minimum atomic E-state index is -4.12. The Morgan fingerprint density at radius 1 is 1.17 bits per heavy atom. The average molecular weight is 382 g/mol. The van der Waals surface area contributed by atoms with Crippen LogP contribution in [0, 0.1) is 25.2 Å². The molecule has 2 aromatic rings. The smallest absolute Gasteiger partial charge is 0.218 e. The summed E-state index contributed by atoms with van der Waals surface area (Å²) in [5, 5.41) is 19.3. The molecular weight excluding hydrogens is 369 g/mol. The standard InChI is InChI=1S/C17H13Cl2NO3S/c1-10-5-12(6-11(2)17(10)21)7-14(9-20)24(22,23)16-8-13(18)3-4-15(16)19/h3-8,21H,1-2H3/b14-7-. The summed E-state index contributed by atoms with van der Waals surface area (Å²) in [6, 6.07) is 8.91. The van der Waals surface area contributed by atoms with Gasteiger partial charge < -0.3 is 5.11 Å². The number of phenols is 1. The van der Waals surface area contributed by atoms with E-state index in [9.17, 15) is 18.8 Å². The Labute approximate surface area is 150 Å². The summed E-state index contributed by atoms with van der Waals surface area (Å²) in [5.41, 5.74) is 1.65. The molecule has 24 heavy (non-hydrogen) atoms. The van der Waals surface area contributed by atoms with Crippen LogP contribution in [0.1, 0.15) is 16.7 Å². The molecule has 0 saturated carbocycles. The van der Waals surface area contributed by atoms with E-state index in [0.29, 0.717) is 16.7 Å². The van der Waals surface area contributed by atoms with Gasteiger partial charge in [-0.3, -0.25) is 0 Å². The summed E-state index contributed by atoms with van der Waals surface area (Å²) in [6.45, 7) is 3.38. The molecule has 0 aliphatic rings. The van der Waals surface area contributed by atoms with E-state index in [4.69, 9.17) is 23.2 Å². The molecule has 0 unspecified atom stereocenters. The molecule has 1 N–H and O–H groups in total. The fourth-order valence-corrected chi connectivity index (χ4v) is 4.11. The minimum Gasteiger partial charge on any atom is -0.507 e. The summed E-state index contributed by atoms with van der Waals surface area (Å²) in [4.78, 5) is -0.687. The van der Waals surface area contributed by atoms with Gasteiger partial charge in [0, 0.05) is 5.02 Å². The fraction of sp³-hybridized carbons (Fsp3) is 0.118. The van der Waals surface area contributed by atoms with E-state index in [1.165, 1.54) is 24.3 Å². The van der Waals surface area contributed by atoms with Gasteiger partial charge in [-0.05, 0) is 66.9 Å². The molecule has 0 saturated heterocycles. The second kappa shape index (κ2) is 6.86. The Balaban J connectivity index is 2.63.